The third kappa shape index (κ3) is 3.47. The molecule has 1 aromatic rings. The van der Waals surface area contributed by atoms with Crippen molar-refractivity contribution in [3.63, 3.8) is 0 Å². The number of amides is 1. The Morgan fingerprint density at radius 3 is 2.76 bits per heavy atom. The fourth-order valence-corrected chi connectivity index (χ4v) is 2.87. The van der Waals surface area contributed by atoms with Gasteiger partial charge < -0.3 is 20.5 Å². The lowest BCUT2D eigenvalue weighted by atomic mass is 9.91. The number of carbonyl (C=O) groups excluding carboxylic acids is 1. The Balaban J connectivity index is 2.13. The highest BCUT2D eigenvalue weighted by molar-refractivity contribution is 5.95. The summed E-state index contributed by atoms with van der Waals surface area (Å²) in [5.74, 6) is 0.477. The summed E-state index contributed by atoms with van der Waals surface area (Å²) in [6.07, 6.45) is 3.23. The maximum atomic E-state index is 12.5. The molecule has 21 heavy (non-hydrogen) atoms. The van der Waals surface area contributed by atoms with Crippen LogP contribution in [0.25, 0.3) is 0 Å². The number of aliphatic hydroxyl groups is 1. The monoisotopic (exact) mass is 292 g/mol. The number of hydrogen-bond donors (Lipinski definition) is 2. The molecule has 2 unspecified atom stereocenters. The van der Waals surface area contributed by atoms with Crippen molar-refractivity contribution in [1.29, 1.82) is 0 Å². The van der Waals surface area contributed by atoms with Gasteiger partial charge in [0, 0.05) is 12.6 Å². The second kappa shape index (κ2) is 6.80. The third-order valence-corrected chi connectivity index (χ3v) is 4.07. The molecule has 0 heterocycles. The van der Waals surface area contributed by atoms with Gasteiger partial charge in [-0.25, -0.2) is 0 Å². The average Bonchev–Trinajstić information content (AvgIpc) is 2.48. The van der Waals surface area contributed by atoms with Crippen molar-refractivity contribution in [2.24, 2.45) is 0 Å². The number of nitrogen functional groups attached to an aromatic ring is 1. The van der Waals surface area contributed by atoms with E-state index in [2.05, 4.69) is 0 Å². The summed E-state index contributed by atoms with van der Waals surface area (Å²) in [5.41, 5.74) is 6.89. The van der Waals surface area contributed by atoms with Crippen LogP contribution in [-0.2, 0) is 0 Å². The predicted octanol–water partition coefficient (Wildman–Crippen LogP) is 2.04. The minimum Gasteiger partial charge on any atom is -0.492 e. The lowest BCUT2D eigenvalue weighted by molar-refractivity contribution is 0.0268. The summed E-state index contributed by atoms with van der Waals surface area (Å²) < 4.78 is 5.38. The summed E-state index contributed by atoms with van der Waals surface area (Å²) in [6, 6.07) is 4.96. The van der Waals surface area contributed by atoms with Gasteiger partial charge in [0.15, 0.2) is 0 Å². The zero-order valence-electron chi connectivity index (χ0n) is 12.7. The van der Waals surface area contributed by atoms with Crippen LogP contribution in [0.3, 0.4) is 0 Å². The minimum absolute atomic E-state index is 0.112. The highest BCUT2D eigenvalue weighted by atomic mass is 16.5. The Morgan fingerprint density at radius 2 is 2.14 bits per heavy atom. The van der Waals surface area contributed by atoms with E-state index in [1.165, 1.54) is 0 Å². The van der Waals surface area contributed by atoms with Gasteiger partial charge in [-0.15, -0.1) is 0 Å². The zero-order chi connectivity index (χ0) is 15.4. The SMILES string of the molecule is CCOc1ccc(C(=O)N(C)C2CCCCC2O)cc1N. The third-order valence-electron chi connectivity index (χ3n) is 4.07. The van der Waals surface area contributed by atoms with Gasteiger partial charge in [-0.05, 0) is 38.0 Å². The van der Waals surface area contributed by atoms with Crippen LogP contribution in [0.2, 0.25) is 0 Å². The van der Waals surface area contributed by atoms with Gasteiger partial charge in [-0.2, -0.15) is 0 Å². The standard InChI is InChI=1S/C16H24N2O3/c1-3-21-15-9-8-11(10-12(15)17)16(20)18(2)13-6-4-5-7-14(13)19/h8-10,13-14,19H,3-7,17H2,1-2H3. The molecule has 116 valence electrons. The van der Waals surface area contributed by atoms with E-state index in [0.717, 1.165) is 25.7 Å². The molecule has 0 radical (unpaired) electrons. The number of aliphatic hydroxyl groups excluding tert-OH is 1. The second-order valence-corrected chi connectivity index (χ2v) is 5.52. The van der Waals surface area contributed by atoms with Crippen LogP contribution in [0, 0.1) is 0 Å². The van der Waals surface area contributed by atoms with Gasteiger partial charge in [0.05, 0.1) is 24.4 Å². The average molecular weight is 292 g/mol. The predicted molar refractivity (Wildman–Crippen MR) is 82.4 cm³/mol. The summed E-state index contributed by atoms with van der Waals surface area (Å²) in [6.45, 7) is 2.42. The molecule has 0 spiro atoms. The Hall–Kier alpha value is -1.75. The van der Waals surface area contributed by atoms with Crippen LogP contribution >= 0.6 is 0 Å². The minimum atomic E-state index is -0.437. The van der Waals surface area contributed by atoms with E-state index >= 15 is 0 Å². The Bertz CT molecular complexity index is 504. The van der Waals surface area contributed by atoms with Crippen molar-refractivity contribution >= 4 is 11.6 Å². The van der Waals surface area contributed by atoms with Crippen molar-refractivity contribution < 1.29 is 14.6 Å². The Kier molecular flexibility index (Phi) is 5.07. The molecule has 3 N–H and O–H groups in total. The lowest BCUT2D eigenvalue weighted by Gasteiger charge is -2.35. The molecule has 2 atom stereocenters. The first-order valence-corrected chi connectivity index (χ1v) is 7.52. The number of nitrogens with two attached hydrogens (primary N) is 1. The first-order valence-electron chi connectivity index (χ1n) is 7.52. The Morgan fingerprint density at radius 1 is 1.43 bits per heavy atom. The number of rotatable bonds is 4. The zero-order valence-corrected chi connectivity index (χ0v) is 12.7. The molecule has 1 aromatic carbocycles. The summed E-state index contributed by atoms with van der Waals surface area (Å²) in [5, 5.41) is 10.1. The van der Waals surface area contributed by atoms with Gasteiger partial charge in [-0.1, -0.05) is 12.8 Å². The van der Waals surface area contributed by atoms with Crippen LogP contribution in [-0.4, -0.2) is 41.7 Å². The molecule has 1 amide bonds. The number of benzene rings is 1. The molecule has 2 rings (SSSR count). The van der Waals surface area contributed by atoms with E-state index in [4.69, 9.17) is 10.5 Å². The molecule has 0 saturated heterocycles. The molecule has 0 bridgehead atoms. The number of hydrogen-bond acceptors (Lipinski definition) is 4. The maximum absolute atomic E-state index is 12.5. The smallest absolute Gasteiger partial charge is 0.254 e. The lowest BCUT2D eigenvalue weighted by Crippen LogP contribution is -2.46. The van der Waals surface area contributed by atoms with Gasteiger partial charge in [0.1, 0.15) is 5.75 Å². The number of carbonyl (C=O) groups is 1. The van der Waals surface area contributed by atoms with Crippen LogP contribution in [0.5, 0.6) is 5.75 Å². The largest absolute Gasteiger partial charge is 0.492 e. The molecular weight excluding hydrogens is 268 g/mol. The van der Waals surface area contributed by atoms with E-state index in [1.54, 1.807) is 30.1 Å². The fourth-order valence-electron chi connectivity index (χ4n) is 2.87. The molecule has 0 aliphatic heterocycles. The molecule has 5 heteroatoms. The van der Waals surface area contributed by atoms with E-state index < -0.39 is 6.10 Å². The molecule has 0 aromatic heterocycles. The Labute approximate surface area is 125 Å². The van der Waals surface area contributed by atoms with Gasteiger partial charge in [0.25, 0.3) is 5.91 Å². The molecule has 5 nitrogen and oxygen atoms in total. The van der Waals surface area contributed by atoms with Crippen LogP contribution < -0.4 is 10.5 Å². The number of ether oxygens (including phenoxy) is 1. The van der Waals surface area contributed by atoms with Crippen molar-refractivity contribution in [2.45, 2.75) is 44.8 Å². The van der Waals surface area contributed by atoms with Crippen molar-refractivity contribution in [2.75, 3.05) is 19.4 Å². The molecule has 1 saturated carbocycles. The molecular formula is C16H24N2O3. The summed E-state index contributed by atoms with van der Waals surface area (Å²) in [7, 11) is 1.74. The highest BCUT2D eigenvalue weighted by Gasteiger charge is 2.29. The van der Waals surface area contributed by atoms with Crippen molar-refractivity contribution in [3.8, 4) is 5.75 Å². The first kappa shape index (κ1) is 15.6. The van der Waals surface area contributed by atoms with Gasteiger partial charge in [-0.3, -0.25) is 4.79 Å². The molecule has 1 aliphatic carbocycles. The molecule has 1 fully saturated rings. The van der Waals surface area contributed by atoms with Crippen LogP contribution in [0.1, 0.15) is 43.0 Å². The normalized spacial score (nSPS) is 21.9. The second-order valence-electron chi connectivity index (χ2n) is 5.52. The quantitative estimate of drug-likeness (QED) is 0.833. The van der Waals surface area contributed by atoms with E-state index in [1.807, 2.05) is 6.92 Å². The van der Waals surface area contributed by atoms with Gasteiger partial charge in [0.2, 0.25) is 0 Å². The number of likely N-dealkylation sites (N-methyl/N-ethyl adjacent to an activating group) is 1. The fraction of sp³-hybridized carbons (Fsp3) is 0.562. The van der Waals surface area contributed by atoms with Crippen molar-refractivity contribution in [1.82, 2.24) is 4.90 Å². The van der Waals surface area contributed by atoms with Crippen LogP contribution in [0.4, 0.5) is 5.69 Å². The van der Waals surface area contributed by atoms with Crippen LogP contribution in [0.15, 0.2) is 18.2 Å². The first-order chi connectivity index (χ1) is 10.0. The topological polar surface area (TPSA) is 75.8 Å². The van der Waals surface area contributed by atoms with E-state index in [-0.39, 0.29) is 11.9 Å². The maximum Gasteiger partial charge on any atom is 0.254 e. The highest BCUT2D eigenvalue weighted by Crippen LogP contribution is 2.26. The number of anilines is 1. The summed E-state index contributed by atoms with van der Waals surface area (Å²) in [4.78, 5) is 14.2. The summed E-state index contributed by atoms with van der Waals surface area (Å²) >= 11 is 0. The van der Waals surface area contributed by atoms with Crippen molar-refractivity contribution in [3.05, 3.63) is 23.8 Å². The van der Waals surface area contributed by atoms with E-state index in [9.17, 15) is 9.90 Å². The van der Waals surface area contributed by atoms with E-state index in [0.29, 0.717) is 23.6 Å². The van der Waals surface area contributed by atoms with Gasteiger partial charge >= 0.3 is 0 Å². The number of nitrogens with zero attached hydrogens (tertiary/aromatic N) is 1. The molecule has 1 aliphatic rings.